The number of nitrogens with zero attached hydrogens (tertiary/aromatic N) is 2. The maximum absolute atomic E-state index is 4.69. The lowest BCUT2D eigenvalue weighted by molar-refractivity contribution is 0.845. The highest BCUT2D eigenvalue weighted by Gasteiger charge is 2.37. The first-order valence-electron chi connectivity index (χ1n) is 9.11. The maximum atomic E-state index is 4.69. The largest absolute Gasteiger partial charge is 0.264 e. The van der Waals surface area contributed by atoms with Gasteiger partial charge in [0.05, 0.1) is 5.69 Å². The molecular formula is C22H23BN2. The minimum absolute atomic E-state index is 0.248. The van der Waals surface area contributed by atoms with Gasteiger partial charge in [-0.25, -0.2) is 0 Å². The zero-order valence-electron chi connectivity index (χ0n) is 15.3. The predicted molar refractivity (Wildman–Crippen MR) is 107 cm³/mol. The van der Waals surface area contributed by atoms with Crippen molar-refractivity contribution in [1.29, 1.82) is 0 Å². The molecule has 3 heterocycles. The van der Waals surface area contributed by atoms with Crippen molar-refractivity contribution >= 4 is 23.1 Å². The van der Waals surface area contributed by atoms with Crippen LogP contribution >= 0.6 is 0 Å². The topological polar surface area (TPSA) is 25.8 Å². The van der Waals surface area contributed by atoms with Gasteiger partial charge in [-0.1, -0.05) is 62.9 Å². The number of pyridine rings is 2. The second-order valence-corrected chi connectivity index (χ2v) is 7.50. The molecule has 0 spiro atoms. The Morgan fingerprint density at radius 3 is 2.20 bits per heavy atom. The molecule has 0 atom stereocenters. The first kappa shape index (κ1) is 16.1. The van der Waals surface area contributed by atoms with Crippen molar-refractivity contribution in [2.45, 2.75) is 39.5 Å². The summed E-state index contributed by atoms with van der Waals surface area (Å²) in [5.74, 6) is 0.972. The van der Waals surface area contributed by atoms with Crippen molar-refractivity contribution in [3.05, 3.63) is 66.1 Å². The van der Waals surface area contributed by atoms with Gasteiger partial charge in [0.2, 0.25) is 6.71 Å². The Balaban J connectivity index is 2.06. The molecule has 1 aliphatic heterocycles. The Hall–Kier alpha value is -2.42. The maximum Gasteiger partial charge on any atom is 0.245 e. The van der Waals surface area contributed by atoms with Crippen molar-refractivity contribution in [2.75, 3.05) is 0 Å². The number of fused-ring (bicyclic) bond motifs is 3. The number of aromatic nitrogens is 2. The molecule has 0 N–H and O–H groups in total. The summed E-state index contributed by atoms with van der Waals surface area (Å²) in [6, 6.07) is 13.2. The summed E-state index contributed by atoms with van der Waals surface area (Å²) >= 11 is 0. The third-order valence-electron chi connectivity index (χ3n) is 5.28. The summed E-state index contributed by atoms with van der Waals surface area (Å²) in [6.45, 7) is 9.40. The highest BCUT2D eigenvalue weighted by molar-refractivity contribution is 6.99. The minimum Gasteiger partial charge on any atom is -0.264 e. The van der Waals surface area contributed by atoms with Crippen molar-refractivity contribution in [3.8, 4) is 11.3 Å². The predicted octanol–water partition coefficient (Wildman–Crippen LogP) is 3.22. The lowest BCUT2D eigenvalue weighted by atomic mass is 9.37. The Bertz CT molecular complexity index is 859. The van der Waals surface area contributed by atoms with E-state index in [0.29, 0.717) is 11.8 Å². The molecule has 4 rings (SSSR count). The second kappa shape index (κ2) is 6.14. The first-order valence-corrected chi connectivity index (χ1v) is 9.11. The van der Waals surface area contributed by atoms with Gasteiger partial charge in [-0.05, 0) is 40.6 Å². The second-order valence-electron chi connectivity index (χ2n) is 7.50. The van der Waals surface area contributed by atoms with E-state index < -0.39 is 0 Å². The quantitative estimate of drug-likeness (QED) is 0.540. The third-order valence-corrected chi connectivity index (χ3v) is 5.28. The van der Waals surface area contributed by atoms with Crippen LogP contribution in [0.2, 0.25) is 0 Å². The Labute approximate surface area is 150 Å². The normalized spacial score (nSPS) is 12.6. The smallest absolute Gasteiger partial charge is 0.245 e. The summed E-state index contributed by atoms with van der Waals surface area (Å²) in [6.07, 6.45) is 5.76. The van der Waals surface area contributed by atoms with E-state index in [1.165, 1.54) is 33.1 Å². The summed E-state index contributed by atoms with van der Waals surface area (Å²) < 4.78 is 0. The lowest BCUT2D eigenvalue weighted by Gasteiger charge is -2.23. The number of hydrogen-bond donors (Lipinski definition) is 0. The van der Waals surface area contributed by atoms with Gasteiger partial charge in [-0.3, -0.25) is 9.97 Å². The van der Waals surface area contributed by atoms with E-state index >= 15 is 0 Å². The first-order chi connectivity index (χ1) is 12.1. The van der Waals surface area contributed by atoms with Gasteiger partial charge in [-0.15, -0.1) is 0 Å². The van der Waals surface area contributed by atoms with Gasteiger partial charge in [-0.2, -0.15) is 0 Å². The van der Waals surface area contributed by atoms with Crippen molar-refractivity contribution in [1.82, 2.24) is 9.97 Å². The Morgan fingerprint density at radius 1 is 0.800 bits per heavy atom. The molecule has 0 bridgehead atoms. The van der Waals surface area contributed by atoms with Gasteiger partial charge in [0.15, 0.2) is 0 Å². The molecule has 0 aliphatic carbocycles. The van der Waals surface area contributed by atoms with Crippen LogP contribution in [0.25, 0.3) is 11.3 Å². The average Bonchev–Trinajstić information content (AvgIpc) is 2.95. The monoisotopic (exact) mass is 326 g/mol. The van der Waals surface area contributed by atoms with E-state index in [4.69, 9.17) is 0 Å². The fourth-order valence-electron chi connectivity index (χ4n) is 4.15. The SMILES string of the molecule is CC(C)c1cccc(C(C)C)c1B1c2ccncc2-c2ncccc21. The molecular weight excluding hydrogens is 303 g/mol. The van der Waals surface area contributed by atoms with Crippen LogP contribution in [0.15, 0.2) is 55.0 Å². The van der Waals surface area contributed by atoms with Crippen LogP contribution in [0.5, 0.6) is 0 Å². The van der Waals surface area contributed by atoms with Crippen LogP contribution in [0.3, 0.4) is 0 Å². The molecule has 25 heavy (non-hydrogen) atoms. The minimum atomic E-state index is 0.248. The average molecular weight is 326 g/mol. The number of benzene rings is 1. The van der Waals surface area contributed by atoms with Crippen molar-refractivity contribution in [2.24, 2.45) is 0 Å². The van der Waals surface area contributed by atoms with E-state index in [0.717, 1.165) is 5.69 Å². The van der Waals surface area contributed by atoms with E-state index in [-0.39, 0.29) is 6.71 Å². The van der Waals surface area contributed by atoms with Gasteiger partial charge in [0.1, 0.15) is 0 Å². The highest BCUT2D eigenvalue weighted by Crippen LogP contribution is 2.25. The van der Waals surface area contributed by atoms with Crippen LogP contribution in [0.1, 0.15) is 50.7 Å². The summed E-state index contributed by atoms with van der Waals surface area (Å²) in [4.78, 5) is 9.04. The van der Waals surface area contributed by atoms with Gasteiger partial charge < -0.3 is 0 Å². The lowest BCUT2D eigenvalue weighted by Crippen LogP contribution is -2.52. The summed E-state index contributed by atoms with van der Waals surface area (Å²) in [5.41, 5.74) is 9.25. The summed E-state index contributed by atoms with van der Waals surface area (Å²) in [5, 5.41) is 0. The van der Waals surface area contributed by atoms with Crippen LogP contribution in [0, 0.1) is 0 Å². The Morgan fingerprint density at radius 2 is 1.52 bits per heavy atom. The molecule has 124 valence electrons. The molecule has 2 nitrogen and oxygen atoms in total. The molecule has 3 aromatic rings. The van der Waals surface area contributed by atoms with Crippen LogP contribution in [-0.2, 0) is 0 Å². The molecule has 0 amide bonds. The molecule has 0 radical (unpaired) electrons. The number of hydrogen-bond acceptors (Lipinski definition) is 2. The molecule has 3 heteroatoms. The molecule has 0 fully saturated rings. The summed E-state index contributed by atoms with van der Waals surface area (Å²) in [7, 11) is 0. The van der Waals surface area contributed by atoms with E-state index in [9.17, 15) is 0 Å². The fraction of sp³-hybridized carbons (Fsp3) is 0.273. The standard InChI is InChI=1S/C22H23BN2/c1-14(2)16-7-5-8-17(15(3)4)21(16)23-19-10-12-24-13-18(19)22-20(23)9-6-11-25-22/h5-15H,1-4H3. The number of rotatable bonds is 3. The van der Waals surface area contributed by atoms with Crippen LogP contribution in [-0.4, -0.2) is 16.7 Å². The van der Waals surface area contributed by atoms with Crippen LogP contribution in [0.4, 0.5) is 0 Å². The van der Waals surface area contributed by atoms with Gasteiger partial charge in [0, 0.05) is 24.2 Å². The van der Waals surface area contributed by atoms with Crippen molar-refractivity contribution < 1.29 is 0 Å². The third kappa shape index (κ3) is 2.50. The van der Waals surface area contributed by atoms with E-state index in [2.05, 4.69) is 74.1 Å². The van der Waals surface area contributed by atoms with Gasteiger partial charge >= 0.3 is 0 Å². The molecule has 1 aliphatic rings. The molecule has 2 aromatic heterocycles. The zero-order valence-corrected chi connectivity index (χ0v) is 15.3. The molecule has 1 aromatic carbocycles. The fourth-order valence-corrected chi connectivity index (χ4v) is 4.15. The zero-order chi connectivity index (χ0) is 17.6. The van der Waals surface area contributed by atoms with Crippen LogP contribution < -0.4 is 16.4 Å². The Kier molecular flexibility index (Phi) is 3.95. The molecule has 0 unspecified atom stereocenters. The highest BCUT2D eigenvalue weighted by atomic mass is 14.7. The van der Waals surface area contributed by atoms with E-state index in [1.807, 2.05) is 18.6 Å². The molecule has 0 saturated heterocycles. The van der Waals surface area contributed by atoms with E-state index in [1.54, 1.807) is 0 Å². The molecule has 0 saturated carbocycles. The van der Waals surface area contributed by atoms with Crippen molar-refractivity contribution in [3.63, 3.8) is 0 Å². The van der Waals surface area contributed by atoms with Gasteiger partial charge in [0.25, 0.3) is 0 Å².